The summed E-state index contributed by atoms with van der Waals surface area (Å²) < 4.78 is 21.3. The first-order valence-corrected chi connectivity index (χ1v) is 12.8. The molecule has 0 bridgehead atoms. The average molecular weight is 521 g/mol. The third-order valence-corrected chi connectivity index (χ3v) is 7.63. The summed E-state index contributed by atoms with van der Waals surface area (Å²) in [6.07, 6.45) is 3.99. The van der Waals surface area contributed by atoms with E-state index in [1.807, 2.05) is 13.8 Å². The molecule has 4 rings (SSSR count). The summed E-state index contributed by atoms with van der Waals surface area (Å²) in [4.78, 5) is 13.9. The molecule has 0 saturated heterocycles. The van der Waals surface area contributed by atoms with Gasteiger partial charge in [0.15, 0.2) is 5.11 Å². The Morgan fingerprint density at radius 2 is 2.06 bits per heavy atom. The fourth-order valence-electron chi connectivity index (χ4n) is 4.19. The monoisotopic (exact) mass is 520 g/mol. The molecule has 0 aliphatic heterocycles. The first-order valence-electron chi connectivity index (χ1n) is 11.2. The van der Waals surface area contributed by atoms with Crippen LogP contribution in [-0.4, -0.2) is 27.5 Å². The Labute approximate surface area is 212 Å². The van der Waals surface area contributed by atoms with Gasteiger partial charge in [-0.15, -0.1) is 11.3 Å². The molecule has 34 heavy (non-hydrogen) atoms. The minimum Gasteiger partial charge on any atom is -0.462 e. The van der Waals surface area contributed by atoms with Gasteiger partial charge in [-0.05, 0) is 76.4 Å². The Balaban J connectivity index is 1.55. The summed E-state index contributed by atoms with van der Waals surface area (Å²) >= 11 is 13.3. The van der Waals surface area contributed by atoms with Crippen molar-refractivity contribution in [2.45, 2.75) is 53.0 Å². The maximum atomic E-state index is 14.3. The van der Waals surface area contributed by atoms with Crippen molar-refractivity contribution in [3.8, 4) is 0 Å². The van der Waals surface area contributed by atoms with Crippen LogP contribution in [0.15, 0.2) is 18.2 Å². The number of esters is 1. The molecule has 3 aromatic rings. The first kappa shape index (κ1) is 24.6. The number of aromatic nitrogens is 2. The number of ether oxygens (including phenoxy) is 1. The van der Waals surface area contributed by atoms with Crippen molar-refractivity contribution in [2.75, 3.05) is 17.2 Å². The maximum Gasteiger partial charge on any atom is 0.341 e. The molecule has 0 amide bonds. The van der Waals surface area contributed by atoms with E-state index < -0.39 is 0 Å². The molecule has 10 heteroatoms. The number of carbonyl (C=O) groups is 1. The van der Waals surface area contributed by atoms with Gasteiger partial charge in [-0.2, -0.15) is 5.10 Å². The normalized spacial score (nSPS) is 12.9. The lowest BCUT2D eigenvalue weighted by Crippen LogP contribution is -2.21. The van der Waals surface area contributed by atoms with Gasteiger partial charge in [0.05, 0.1) is 35.8 Å². The molecule has 0 spiro atoms. The predicted molar refractivity (Wildman–Crippen MR) is 139 cm³/mol. The van der Waals surface area contributed by atoms with E-state index in [0.29, 0.717) is 38.6 Å². The minimum absolute atomic E-state index is 0.199. The predicted octanol–water partition coefficient (Wildman–Crippen LogP) is 6.27. The molecule has 0 fully saturated rings. The topological polar surface area (TPSA) is 68.2 Å². The second kappa shape index (κ2) is 10.4. The summed E-state index contributed by atoms with van der Waals surface area (Å²) in [5.41, 5.74) is 4.27. The number of nitrogens with one attached hydrogen (secondary N) is 2. The van der Waals surface area contributed by atoms with Crippen LogP contribution in [0.2, 0.25) is 5.02 Å². The van der Waals surface area contributed by atoms with E-state index in [1.54, 1.807) is 35.1 Å². The number of hydrogen-bond acceptors (Lipinski definition) is 5. The number of halogens is 2. The molecular weight excluding hydrogens is 495 g/mol. The van der Waals surface area contributed by atoms with Gasteiger partial charge in [0, 0.05) is 15.5 Å². The lowest BCUT2D eigenvalue weighted by atomic mass is 9.95. The van der Waals surface area contributed by atoms with Crippen molar-refractivity contribution < 1.29 is 13.9 Å². The fourth-order valence-corrected chi connectivity index (χ4v) is 5.96. The molecule has 0 radical (unpaired) electrons. The molecule has 1 aliphatic carbocycles. The van der Waals surface area contributed by atoms with Gasteiger partial charge in [-0.3, -0.25) is 4.68 Å². The molecule has 0 unspecified atom stereocenters. The summed E-state index contributed by atoms with van der Waals surface area (Å²) in [5, 5.41) is 12.4. The van der Waals surface area contributed by atoms with Crippen molar-refractivity contribution in [1.29, 1.82) is 0 Å². The van der Waals surface area contributed by atoms with E-state index in [0.717, 1.165) is 42.6 Å². The van der Waals surface area contributed by atoms with Gasteiger partial charge < -0.3 is 15.4 Å². The maximum absolute atomic E-state index is 14.3. The Morgan fingerprint density at radius 3 is 2.79 bits per heavy atom. The smallest absolute Gasteiger partial charge is 0.341 e. The second-order valence-corrected chi connectivity index (χ2v) is 10.0. The minimum atomic E-state index is -0.375. The van der Waals surface area contributed by atoms with Gasteiger partial charge in [0.2, 0.25) is 0 Å². The molecule has 180 valence electrons. The Kier molecular flexibility index (Phi) is 7.54. The van der Waals surface area contributed by atoms with E-state index in [-0.39, 0.29) is 18.3 Å². The fraction of sp³-hybridized carbons (Fsp3) is 0.375. The lowest BCUT2D eigenvalue weighted by Gasteiger charge is -2.13. The standard InChI is InChI=1S/C24H26ClFN4O2S2/c1-4-32-23(31)20-15-8-5-6-11-19(15)34-22(20)28-24(33)27-21-13(2)29-30(14(21)3)12-16-17(25)9-7-10-18(16)26/h7,9-10H,4-6,8,11-12H2,1-3H3,(H2,27,28,33). The van der Waals surface area contributed by atoms with Crippen molar-refractivity contribution in [2.24, 2.45) is 0 Å². The zero-order chi connectivity index (χ0) is 24.4. The second-order valence-electron chi connectivity index (χ2n) is 8.12. The first-order chi connectivity index (χ1) is 16.3. The number of anilines is 2. The zero-order valence-electron chi connectivity index (χ0n) is 19.3. The van der Waals surface area contributed by atoms with Crippen LogP contribution in [0, 0.1) is 19.7 Å². The van der Waals surface area contributed by atoms with Crippen LogP contribution in [0.3, 0.4) is 0 Å². The van der Waals surface area contributed by atoms with Gasteiger partial charge in [-0.25, -0.2) is 9.18 Å². The summed E-state index contributed by atoms with van der Waals surface area (Å²) in [6.45, 7) is 6.05. The van der Waals surface area contributed by atoms with Crippen LogP contribution in [0.4, 0.5) is 15.1 Å². The number of carbonyl (C=O) groups excluding carboxylic acids is 1. The molecule has 1 aliphatic rings. The average Bonchev–Trinajstić information content (AvgIpc) is 3.28. The van der Waals surface area contributed by atoms with Crippen LogP contribution >= 0.6 is 35.2 Å². The van der Waals surface area contributed by atoms with Crippen LogP contribution in [0.5, 0.6) is 0 Å². The van der Waals surface area contributed by atoms with E-state index in [1.165, 1.54) is 10.9 Å². The van der Waals surface area contributed by atoms with E-state index in [9.17, 15) is 9.18 Å². The van der Waals surface area contributed by atoms with Crippen LogP contribution in [-0.2, 0) is 24.1 Å². The van der Waals surface area contributed by atoms with Crippen molar-refractivity contribution in [3.05, 3.63) is 62.0 Å². The highest BCUT2D eigenvalue weighted by atomic mass is 35.5. The molecule has 2 aromatic heterocycles. The summed E-state index contributed by atoms with van der Waals surface area (Å²) in [5.74, 6) is -0.700. The molecule has 2 N–H and O–H groups in total. The Bertz CT molecular complexity index is 1230. The molecule has 6 nitrogen and oxygen atoms in total. The zero-order valence-corrected chi connectivity index (χ0v) is 21.6. The molecule has 0 atom stereocenters. The number of hydrogen-bond donors (Lipinski definition) is 2. The van der Waals surface area contributed by atoms with Gasteiger partial charge in [0.25, 0.3) is 0 Å². The lowest BCUT2D eigenvalue weighted by molar-refractivity contribution is 0.0526. The van der Waals surface area contributed by atoms with Gasteiger partial charge >= 0.3 is 5.97 Å². The highest BCUT2D eigenvalue weighted by Gasteiger charge is 2.27. The van der Waals surface area contributed by atoms with Crippen molar-refractivity contribution >= 4 is 56.9 Å². The number of aryl methyl sites for hydroxylation is 2. The Hall–Kier alpha value is -2.49. The molecule has 1 aromatic carbocycles. The van der Waals surface area contributed by atoms with Crippen LogP contribution < -0.4 is 10.6 Å². The molecule has 0 saturated carbocycles. The van der Waals surface area contributed by atoms with Crippen LogP contribution in [0.1, 0.15) is 57.5 Å². The SMILES string of the molecule is CCOC(=O)c1c(NC(=S)Nc2c(C)nn(Cc3c(F)cccc3Cl)c2C)sc2c1CCCC2. The highest BCUT2D eigenvalue weighted by molar-refractivity contribution is 7.80. The molecule has 2 heterocycles. The van der Waals surface area contributed by atoms with E-state index >= 15 is 0 Å². The van der Waals surface area contributed by atoms with Crippen molar-refractivity contribution in [3.63, 3.8) is 0 Å². The number of thiophene rings is 1. The number of nitrogens with zero attached hydrogens (tertiary/aromatic N) is 2. The van der Waals surface area contributed by atoms with Crippen molar-refractivity contribution in [1.82, 2.24) is 9.78 Å². The largest absolute Gasteiger partial charge is 0.462 e. The number of benzene rings is 1. The molecular formula is C24H26ClFN4O2S2. The number of thiocarbonyl (C=S) groups is 1. The van der Waals surface area contributed by atoms with Gasteiger partial charge in [0.1, 0.15) is 10.8 Å². The quantitative estimate of drug-likeness (QED) is 0.295. The summed E-state index contributed by atoms with van der Waals surface area (Å²) in [6, 6.07) is 4.62. The third kappa shape index (κ3) is 4.96. The third-order valence-electron chi connectivity index (χ3n) is 5.87. The van der Waals surface area contributed by atoms with Crippen LogP contribution in [0.25, 0.3) is 0 Å². The highest BCUT2D eigenvalue weighted by Crippen LogP contribution is 2.38. The number of rotatable bonds is 6. The van der Waals surface area contributed by atoms with E-state index in [2.05, 4.69) is 15.7 Å². The van der Waals surface area contributed by atoms with E-state index in [4.69, 9.17) is 28.6 Å². The number of fused-ring (bicyclic) bond motifs is 1. The Morgan fingerprint density at radius 1 is 1.29 bits per heavy atom. The van der Waals surface area contributed by atoms with Gasteiger partial charge in [-0.1, -0.05) is 17.7 Å². The summed E-state index contributed by atoms with van der Waals surface area (Å²) in [7, 11) is 0.